The van der Waals surface area contributed by atoms with Crippen LogP contribution in [0.5, 0.6) is 0 Å². The van der Waals surface area contributed by atoms with Gasteiger partial charge in [0.15, 0.2) is 5.69 Å². The molecule has 0 spiro atoms. The van der Waals surface area contributed by atoms with Crippen molar-refractivity contribution >= 4 is 11.9 Å². The third-order valence-electron chi connectivity index (χ3n) is 5.18. The number of amides is 1. The van der Waals surface area contributed by atoms with Gasteiger partial charge in [-0.3, -0.25) is 9.59 Å². The Bertz CT molecular complexity index is 813. The Labute approximate surface area is 146 Å². The van der Waals surface area contributed by atoms with Crippen LogP contribution in [0.15, 0.2) is 30.3 Å². The number of benzene rings is 1. The first-order chi connectivity index (χ1) is 12.1. The Balaban J connectivity index is 1.69. The summed E-state index contributed by atoms with van der Waals surface area (Å²) in [5.74, 6) is -0.971. The Morgan fingerprint density at radius 3 is 2.72 bits per heavy atom. The van der Waals surface area contributed by atoms with Crippen LogP contribution in [-0.4, -0.2) is 44.3 Å². The molecule has 1 aromatic heterocycles. The maximum Gasteiger partial charge on any atom is 0.305 e. The lowest BCUT2D eigenvalue weighted by Gasteiger charge is -2.22. The Kier molecular flexibility index (Phi) is 4.03. The van der Waals surface area contributed by atoms with Crippen molar-refractivity contribution in [2.24, 2.45) is 0 Å². The predicted molar refractivity (Wildman–Crippen MR) is 91.9 cm³/mol. The third-order valence-corrected chi connectivity index (χ3v) is 5.18. The summed E-state index contributed by atoms with van der Waals surface area (Å²) in [6.07, 6.45) is 4.42. The monoisotopic (exact) mass is 339 g/mol. The van der Waals surface area contributed by atoms with Crippen LogP contribution in [-0.2, 0) is 17.6 Å². The first-order valence-electron chi connectivity index (χ1n) is 8.84. The van der Waals surface area contributed by atoms with E-state index in [2.05, 4.69) is 5.10 Å². The minimum Gasteiger partial charge on any atom is -0.481 e. The number of para-hydroxylation sites is 1. The number of carbonyl (C=O) groups is 2. The van der Waals surface area contributed by atoms with Gasteiger partial charge in [-0.05, 0) is 44.2 Å². The number of likely N-dealkylation sites (tertiary alicyclic amines) is 1. The Morgan fingerprint density at radius 1 is 1.16 bits per heavy atom. The molecule has 1 atom stereocenters. The summed E-state index contributed by atoms with van der Waals surface area (Å²) in [6, 6.07) is 9.64. The first kappa shape index (κ1) is 15.9. The van der Waals surface area contributed by atoms with Gasteiger partial charge in [0, 0.05) is 23.8 Å². The second kappa shape index (κ2) is 6.35. The lowest BCUT2D eigenvalue weighted by molar-refractivity contribution is -0.137. The van der Waals surface area contributed by atoms with Crippen molar-refractivity contribution in [2.45, 2.75) is 44.6 Å². The number of carbonyl (C=O) groups excluding carboxylic acids is 1. The van der Waals surface area contributed by atoms with E-state index in [1.54, 1.807) is 4.90 Å². The van der Waals surface area contributed by atoms with Gasteiger partial charge in [-0.1, -0.05) is 18.2 Å². The standard InChI is InChI=1S/C19H21N3O3/c23-17(24)12-14-8-5-11-21(14)19(25)18-15-9-4-10-16(15)22(20-18)13-6-2-1-3-7-13/h1-3,6-7,14H,4-5,8-12H2,(H,23,24)/t14-/m0/s1. The quantitative estimate of drug-likeness (QED) is 0.928. The summed E-state index contributed by atoms with van der Waals surface area (Å²) < 4.78 is 1.89. The highest BCUT2D eigenvalue weighted by Crippen LogP contribution is 2.30. The molecule has 6 nitrogen and oxygen atoms in total. The molecule has 130 valence electrons. The van der Waals surface area contributed by atoms with Crippen molar-refractivity contribution in [3.05, 3.63) is 47.3 Å². The number of hydrogen-bond acceptors (Lipinski definition) is 3. The lowest BCUT2D eigenvalue weighted by atomic mass is 10.1. The minimum atomic E-state index is -0.857. The number of nitrogens with zero attached hydrogens (tertiary/aromatic N) is 3. The van der Waals surface area contributed by atoms with Gasteiger partial charge in [0.05, 0.1) is 12.1 Å². The van der Waals surface area contributed by atoms with E-state index < -0.39 is 5.97 Å². The fourth-order valence-electron chi connectivity index (χ4n) is 4.04. The number of aliphatic carboxylic acids is 1. The zero-order valence-corrected chi connectivity index (χ0v) is 14.0. The van der Waals surface area contributed by atoms with Crippen molar-refractivity contribution < 1.29 is 14.7 Å². The topological polar surface area (TPSA) is 75.4 Å². The molecule has 1 aromatic carbocycles. The van der Waals surface area contributed by atoms with Crippen molar-refractivity contribution in [3.63, 3.8) is 0 Å². The van der Waals surface area contributed by atoms with Gasteiger partial charge in [0.25, 0.3) is 5.91 Å². The second-order valence-electron chi connectivity index (χ2n) is 6.77. The highest BCUT2D eigenvalue weighted by molar-refractivity contribution is 5.95. The van der Waals surface area contributed by atoms with E-state index in [0.29, 0.717) is 12.2 Å². The number of carboxylic acid groups (broad SMARTS) is 1. The average molecular weight is 339 g/mol. The van der Waals surface area contributed by atoms with Gasteiger partial charge in [0.2, 0.25) is 0 Å². The van der Waals surface area contributed by atoms with Crippen LogP contribution in [0.3, 0.4) is 0 Å². The third kappa shape index (κ3) is 2.81. The number of carboxylic acids is 1. The maximum atomic E-state index is 13.1. The molecule has 2 heterocycles. The lowest BCUT2D eigenvalue weighted by Crippen LogP contribution is -2.37. The maximum absolute atomic E-state index is 13.1. The highest BCUT2D eigenvalue weighted by atomic mass is 16.4. The molecular weight excluding hydrogens is 318 g/mol. The largest absolute Gasteiger partial charge is 0.481 e. The fourth-order valence-corrected chi connectivity index (χ4v) is 4.04. The normalized spacial score (nSPS) is 19.2. The molecule has 25 heavy (non-hydrogen) atoms. The molecule has 2 aliphatic rings. The van der Waals surface area contributed by atoms with Crippen molar-refractivity contribution in [3.8, 4) is 5.69 Å². The van der Waals surface area contributed by atoms with E-state index in [1.165, 1.54) is 0 Å². The summed E-state index contributed by atoms with van der Waals surface area (Å²) >= 11 is 0. The summed E-state index contributed by atoms with van der Waals surface area (Å²) in [5.41, 5.74) is 3.62. The molecule has 0 unspecified atom stereocenters. The SMILES string of the molecule is O=C(O)C[C@@H]1CCCN1C(=O)c1nn(-c2ccccc2)c2c1CCC2. The van der Waals surface area contributed by atoms with Crippen molar-refractivity contribution in [1.29, 1.82) is 0 Å². The van der Waals surface area contributed by atoms with Gasteiger partial charge in [-0.2, -0.15) is 5.10 Å². The van der Waals surface area contributed by atoms with E-state index in [4.69, 9.17) is 5.11 Å². The van der Waals surface area contributed by atoms with Gasteiger partial charge < -0.3 is 10.0 Å². The summed E-state index contributed by atoms with van der Waals surface area (Å²) in [4.78, 5) is 25.9. The van der Waals surface area contributed by atoms with Gasteiger partial charge in [-0.25, -0.2) is 4.68 Å². The number of rotatable bonds is 4. The van der Waals surface area contributed by atoms with Crippen LogP contribution in [0.2, 0.25) is 0 Å². The zero-order valence-electron chi connectivity index (χ0n) is 14.0. The van der Waals surface area contributed by atoms with E-state index in [9.17, 15) is 9.59 Å². The second-order valence-corrected chi connectivity index (χ2v) is 6.77. The summed E-state index contributed by atoms with van der Waals surface area (Å²) in [6.45, 7) is 0.615. The van der Waals surface area contributed by atoms with Crippen LogP contribution in [0, 0.1) is 0 Å². The zero-order chi connectivity index (χ0) is 17.4. The molecule has 1 saturated heterocycles. The van der Waals surface area contributed by atoms with E-state index in [-0.39, 0.29) is 18.4 Å². The van der Waals surface area contributed by atoms with Crippen LogP contribution < -0.4 is 0 Å². The van der Waals surface area contributed by atoms with Gasteiger partial charge >= 0.3 is 5.97 Å². The van der Waals surface area contributed by atoms with E-state index >= 15 is 0 Å². The van der Waals surface area contributed by atoms with Crippen LogP contribution in [0.4, 0.5) is 0 Å². The van der Waals surface area contributed by atoms with E-state index in [1.807, 2.05) is 35.0 Å². The molecule has 1 aliphatic carbocycles. The number of hydrogen-bond donors (Lipinski definition) is 1. The smallest absolute Gasteiger partial charge is 0.305 e. The summed E-state index contributed by atoms with van der Waals surface area (Å²) in [5, 5.41) is 13.7. The summed E-state index contributed by atoms with van der Waals surface area (Å²) in [7, 11) is 0. The molecule has 1 aliphatic heterocycles. The molecule has 6 heteroatoms. The van der Waals surface area contributed by atoms with Crippen LogP contribution in [0.1, 0.15) is 47.4 Å². The Hall–Kier alpha value is -2.63. The first-order valence-corrected chi connectivity index (χ1v) is 8.84. The highest BCUT2D eigenvalue weighted by Gasteiger charge is 2.35. The minimum absolute atomic E-state index is 0.00727. The molecule has 1 N–H and O–H groups in total. The van der Waals surface area contributed by atoms with Crippen molar-refractivity contribution in [2.75, 3.05) is 6.54 Å². The molecule has 1 amide bonds. The predicted octanol–water partition coefficient (Wildman–Crippen LogP) is 2.44. The van der Waals surface area contributed by atoms with E-state index in [0.717, 1.165) is 49.0 Å². The molecular formula is C19H21N3O3. The average Bonchev–Trinajstić information content (AvgIpc) is 3.30. The molecule has 2 aromatic rings. The molecule has 0 saturated carbocycles. The number of aromatic nitrogens is 2. The van der Waals surface area contributed by atoms with Crippen LogP contribution >= 0.6 is 0 Å². The molecule has 0 radical (unpaired) electrons. The molecule has 1 fully saturated rings. The fraction of sp³-hybridized carbons (Fsp3) is 0.421. The van der Waals surface area contributed by atoms with Gasteiger partial charge in [0.1, 0.15) is 0 Å². The molecule has 4 rings (SSSR count). The van der Waals surface area contributed by atoms with Gasteiger partial charge in [-0.15, -0.1) is 0 Å². The van der Waals surface area contributed by atoms with Crippen LogP contribution in [0.25, 0.3) is 5.69 Å². The molecule has 0 bridgehead atoms. The Morgan fingerprint density at radius 2 is 1.96 bits per heavy atom. The number of fused-ring (bicyclic) bond motifs is 1. The van der Waals surface area contributed by atoms with Crippen molar-refractivity contribution in [1.82, 2.24) is 14.7 Å².